The molecule has 1 aliphatic heterocycles. The molecule has 5 atom stereocenters. The highest BCUT2D eigenvalue weighted by Gasteiger charge is 2.51. The summed E-state index contributed by atoms with van der Waals surface area (Å²) < 4.78 is 24.8. The van der Waals surface area contributed by atoms with Crippen LogP contribution in [0.25, 0.3) is 21.4 Å². The standard InChI is InChI=1S/C26H28ClN7O7S/c1-12(9-28-26-31-16-7-5-6-8-18(16)42-26)30-22-19-23(33-25(27)32-22)34(11-29-19)24-21(40-15(4)37)20(39-14(3)36)17(41-24)10-38-13(2)35/h5-8,11-12,17,20-21,24H,9-10H2,1-4H3,(H,28,31)(H,30,32,33)/t12-,17-,20-,21-,24-/m1/s1. The number of nitrogens with one attached hydrogen (secondary N) is 2. The Morgan fingerprint density at radius 1 is 1.07 bits per heavy atom. The van der Waals surface area contributed by atoms with Crippen LogP contribution in [0.1, 0.15) is 33.9 Å². The van der Waals surface area contributed by atoms with Crippen LogP contribution in [0.15, 0.2) is 30.6 Å². The molecule has 0 unspecified atom stereocenters. The van der Waals surface area contributed by atoms with Crippen LogP contribution in [-0.2, 0) is 33.3 Å². The van der Waals surface area contributed by atoms with Gasteiger partial charge in [0.25, 0.3) is 0 Å². The fourth-order valence-electron chi connectivity index (χ4n) is 4.57. The lowest BCUT2D eigenvalue weighted by Gasteiger charge is -2.23. The first-order valence-corrected chi connectivity index (χ1v) is 14.2. The number of ether oxygens (including phenoxy) is 4. The average molecular weight is 618 g/mol. The summed E-state index contributed by atoms with van der Waals surface area (Å²) in [6.07, 6.45) is -2.72. The largest absolute Gasteiger partial charge is 0.463 e. The van der Waals surface area contributed by atoms with E-state index in [2.05, 4.69) is 30.6 Å². The van der Waals surface area contributed by atoms with Crippen LogP contribution in [0.2, 0.25) is 5.28 Å². The van der Waals surface area contributed by atoms with Gasteiger partial charge in [-0.25, -0.2) is 9.97 Å². The number of aromatic nitrogens is 5. The summed E-state index contributed by atoms with van der Waals surface area (Å²) in [6.45, 7) is 5.91. The number of nitrogens with zero attached hydrogens (tertiary/aromatic N) is 5. The summed E-state index contributed by atoms with van der Waals surface area (Å²) >= 11 is 7.87. The van der Waals surface area contributed by atoms with Gasteiger partial charge in [0.05, 0.1) is 16.5 Å². The third-order valence-corrected chi connectivity index (χ3v) is 7.41. The number of fused-ring (bicyclic) bond motifs is 2. The van der Waals surface area contributed by atoms with Gasteiger partial charge in [-0.3, -0.25) is 19.0 Å². The van der Waals surface area contributed by atoms with Crippen LogP contribution in [0, 0.1) is 0 Å². The predicted molar refractivity (Wildman–Crippen MR) is 153 cm³/mol. The summed E-state index contributed by atoms with van der Waals surface area (Å²) in [6, 6.07) is 7.76. The maximum atomic E-state index is 12.0. The molecule has 222 valence electrons. The Morgan fingerprint density at radius 3 is 2.52 bits per heavy atom. The van der Waals surface area contributed by atoms with Gasteiger partial charge in [0.2, 0.25) is 5.28 Å². The second kappa shape index (κ2) is 12.4. The van der Waals surface area contributed by atoms with E-state index in [4.69, 9.17) is 30.5 Å². The summed E-state index contributed by atoms with van der Waals surface area (Å²) in [7, 11) is 0. The smallest absolute Gasteiger partial charge is 0.303 e. The van der Waals surface area contributed by atoms with E-state index in [-0.39, 0.29) is 23.6 Å². The molecule has 3 aromatic heterocycles. The molecule has 0 saturated carbocycles. The molecule has 2 N–H and O–H groups in total. The van der Waals surface area contributed by atoms with Crippen molar-refractivity contribution in [1.29, 1.82) is 0 Å². The molecule has 1 aromatic carbocycles. The number of halogens is 1. The lowest BCUT2D eigenvalue weighted by atomic mass is 10.1. The first-order chi connectivity index (χ1) is 20.1. The molecule has 0 spiro atoms. The van der Waals surface area contributed by atoms with Crippen molar-refractivity contribution >= 4 is 73.2 Å². The van der Waals surface area contributed by atoms with Gasteiger partial charge >= 0.3 is 17.9 Å². The second-order valence-corrected chi connectivity index (χ2v) is 11.0. The van der Waals surface area contributed by atoms with Crippen molar-refractivity contribution in [2.45, 2.75) is 58.3 Å². The minimum Gasteiger partial charge on any atom is -0.463 e. The second-order valence-electron chi connectivity index (χ2n) is 9.59. The topological polar surface area (TPSA) is 169 Å². The Hall–Kier alpha value is -4.08. The monoisotopic (exact) mass is 617 g/mol. The molecule has 0 bridgehead atoms. The average Bonchev–Trinajstić information content (AvgIpc) is 3.61. The highest BCUT2D eigenvalue weighted by molar-refractivity contribution is 7.22. The zero-order valence-electron chi connectivity index (χ0n) is 23.1. The van der Waals surface area contributed by atoms with Crippen molar-refractivity contribution < 1.29 is 33.3 Å². The zero-order valence-corrected chi connectivity index (χ0v) is 24.6. The van der Waals surface area contributed by atoms with E-state index in [0.717, 1.165) is 15.3 Å². The van der Waals surface area contributed by atoms with Crippen molar-refractivity contribution in [2.24, 2.45) is 0 Å². The quantitative estimate of drug-likeness (QED) is 0.151. The Balaban J connectivity index is 1.39. The number of para-hydroxylation sites is 1. The maximum absolute atomic E-state index is 12.0. The highest BCUT2D eigenvalue weighted by atomic mass is 35.5. The van der Waals surface area contributed by atoms with Crippen molar-refractivity contribution in [2.75, 3.05) is 23.8 Å². The van der Waals surface area contributed by atoms with Gasteiger partial charge in [0, 0.05) is 33.4 Å². The number of carbonyl (C=O) groups is 3. The molecule has 4 heterocycles. The lowest BCUT2D eigenvalue weighted by Crippen LogP contribution is -2.40. The Labute approximate surface area is 248 Å². The van der Waals surface area contributed by atoms with E-state index < -0.39 is 42.4 Å². The van der Waals surface area contributed by atoms with Gasteiger partial charge in [-0.1, -0.05) is 23.5 Å². The third kappa shape index (κ3) is 6.53. The number of thiazole rings is 1. The summed E-state index contributed by atoms with van der Waals surface area (Å²) in [5, 5.41) is 7.37. The van der Waals surface area contributed by atoms with Crippen LogP contribution in [-0.4, -0.2) is 79.9 Å². The van der Waals surface area contributed by atoms with Gasteiger partial charge < -0.3 is 29.6 Å². The van der Waals surface area contributed by atoms with Crippen LogP contribution < -0.4 is 10.6 Å². The van der Waals surface area contributed by atoms with Gasteiger partial charge in [0.15, 0.2) is 40.5 Å². The van der Waals surface area contributed by atoms with E-state index in [0.29, 0.717) is 17.9 Å². The molecule has 0 aliphatic carbocycles. The Bertz CT molecular complexity index is 1600. The Morgan fingerprint density at radius 2 is 1.81 bits per heavy atom. The van der Waals surface area contributed by atoms with E-state index in [9.17, 15) is 14.4 Å². The minimum atomic E-state index is -1.11. The zero-order chi connectivity index (χ0) is 30.0. The SMILES string of the molecule is CC(=O)OC[C@H]1O[C@@H](n2cnc3c(N[C@H](C)CNc4nc5ccccc5s4)nc(Cl)nc32)[C@H](OC(C)=O)[C@@H]1OC(C)=O. The van der Waals surface area contributed by atoms with Crippen molar-refractivity contribution in [1.82, 2.24) is 24.5 Å². The minimum absolute atomic E-state index is 0.0619. The molecule has 1 aliphatic rings. The molecular formula is C26H28ClN7O7S. The molecule has 16 heteroatoms. The normalized spacial score (nSPS) is 20.8. The van der Waals surface area contributed by atoms with Crippen LogP contribution in [0.5, 0.6) is 0 Å². The number of hydrogen-bond donors (Lipinski definition) is 2. The molecule has 4 aromatic rings. The summed E-state index contributed by atoms with van der Waals surface area (Å²) in [4.78, 5) is 53.1. The predicted octanol–water partition coefficient (Wildman–Crippen LogP) is 3.33. The van der Waals surface area contributed by atoms with Gasteiger partial charge in [-0.15, -0.1) is 0 Å². The highest BCUT2D eigenvalue weighted by Crippen LogP contribution is 2.37. The number of rotatable bonds is 10. The number of imidazole rings is 1. The summed E-state index contributed by atoms with van der Waals surface area (Å²) in [5.41, 5.74) is 1.58. The molecule has 1 saturated heterocycles. The number of carbonyl (C=O) groups excluding carboxylic acids is 3. The number of benzene rings is 1. The van der Waals surface area contributed by atoms with E-state index in [1.807, 2.05) is 31.2 Å². The Kier molecular flexibility index (Phi) is 8.70. The van der Waals surface area contributed by atoms with Gasteiger partial charge in [-0.2, -0.15) is 9.97 Å². The maximum Gasteiger partial charge on any atom is 0.303 e. The molecule has 14 nitrogen and oxygen atoms in total. The lowest BCUT2D eigenvalue weighted by molar-refractivity contribution is -0.166. The fraction of sp³-hybridized carbons (Fsp3) is 0.423. The molecule has 1 fully saturated rings. The molecule has 0 amide bonds. The number of hydrogen-bond acceptors (Lipinski definition) is 14. The van der Waals surface area contributed by atoms with E-state index in [1.54, 1.807) is 11.3 Å². The molecular weight excluding hydrogens is 590 g/mol. The van der Waals surface area contributed by atoms with Gasteiger partial charge in [-0.05, 0) is 30.7 Å². The molecule has 5 rings (SSSR count). The van der Waals surface area contributed by atoms with Gasteiger partial charge in [0.1, 0.15) is 12.7 Å². The first kappa shape index (κ1) is 29.4. The molecule has 0 radical (unpaired) electrons. The van der Waals surface area contributed by atoms with Crippen LogP contribution in [0.3, 0.4) is 0 Å². The van der Waals surface area contributed by atoms with E-state index in [1.165, 1.54) is 31.7 Å². The summed E-state index contributed by atoms with van der Waals surface area (Å²) in [5.74, 6) is -1.44. The number of anilines is 2. The number of esters is 3. The van der Waals surface area contributed by atoms with Crippen molar-refractivity contribution in [3.63, 3.8) is 0 Å². The van der Waals surface area contributed by atoms with Crippen LogP contribution >= 0.6 is 22.9 Å². The van der Waals surface area contributed by atoms with Crippen molar-refractivity contribution in [3.8, 4) is 0 Å². The van der Waals surface area contributed by atoms with E-state index >= 15 is 0 Å². The first-order valence-electron chi connectivity index (χ1n) is 13.0. The third-order valence-electron chi connectivity index (χ3n) is 6.25. The van der Waals surface area contributed by atoms with Crippen LogP contribution in [0.4, 0.5) is 10.9 Å². The van der Waals surface area contributed by atoms with Crippen molar-refractivity contribution in [3.05, 3.63) is 35.9 Å². The molecule has 42 heavy (non-hydrogen) atoms. The fourth-order valence-corrected chi connectivity index (χ4v) is 5.60.